The second-order valence-electron chi connectivity index (χ2n) is 4.61. The number of anilines is 3. The van der Waals surface area contributed by atoms with Crippen LogP contribution >= 0.6 is 11.8 Å². The largest absolute Gasteiger partial charge is 0.383 e. The van der Waals surface area contributed by atoms with Crippen LogP contribution in [0, 0.1) is 0 Å². The maximum absolute atomic E-state index is 11.8. The van der Waals surface area contributed by atoms with Gasteiger partial charge in [0.05, 0.1) is 11.4 Å². The molecular weight excluding hydrogens is 292 g/mol. The van der Waals surface area contributed by atoms with E-state index in [4.69, 9.17) is 16.0 Å². The zero-order chi connectivity index (χ0) is 15.4. The second-order valence-corrected chi connectivity index (χ2v) is 5.55. The molecule has 0 unspecified atom stereocenters. The maximum atomic E-state index is 11.8. The molecule has 2 rings (SSSR count). The minimum Gasteiger partial charge on any atom is -0.383 e. The minimum atomic E-state index is -0.254. The fourth-order valence-corrected chi connectivity index (χ4v) is 2.12. The Kier molecular flexibility index (Phi) is 4.63. The highest BCUT2D eigenvalue weighted by molar-refractivity contribution is 7.99. The van der Waals surface area contributed by atoms with Gasteiger partial charge in [0.2, 0.25) is 11.8 Å². The lowest BCUT2D eigenvalue weighted by molar-refractivity contribution is -0.113. The molecule has 0 aliphatic heterocycles. The van der Waals surface area contributed by atoms with E-state index in [2.05, 4.69) is 20.4 Å². The van der Waals surface area contributed by atoms with Crippen LogP contribution in [0.4, 0.5) is 17.5 Å². The molecule has 8 nitrogen and oxygen atoms in total. The first-order valence-electron chi connectivity index (χ1n) is 6.23. The van der Waals surface area contributed by atoms with Crippen LogP contribution < -0.4 is 16.8 Å². The Hall–Kier alpha value is -2.29. The Morgan fingerprint density at radius 2 is 2.00 bits per heavy atom. The van der Waals surface area contributed by atoms with Gasteiger partial charge < -0.3 is 16.0 Å². The van der Waals surface area contributed by atoms with E-state index in [1.54, 1.807) is 6.07 Å². The van der Waals surface area contributed by atoms with Gasteiger partial charge in [0.15, 0.2) is 5.16 Å². The van der Waals surface area contributed by atoms with E-state index in [9.17, 15) is 4.79 Å². The summed E-state index contributed by atoms with van der Waals surface area (Å²) in [6.07, 6.45) is 0. The Morgan fingerprint density at radius 3 is 2.57 bits per heavy atom. The molecule has 0 saturated heterocycles. The van der Waals surface area contributed by atoms with Crippen molar-refractivity contribution in [3.63, 3.8) is 0 Å². The summed E-state index contributed by atoms with van der Waals surface area (Å²) in [7, 11) is 0. The lowest BCUT2D eigenvalue weighted by Crippen LogP contribution is -2.14. The van der Waals surface area contributed by atoms with Gasteiger partial charge in [0.1, 0.15) is 11.6 Å². The van der Waals surface area contributed by atoms with Gasteiger partial charge >= 0.3 is 0 Å². The summed E-state index contributed by atoms with van der Waals surface area (Å²) in [6.45, 7) is 3.97. The third-order valence-electron chi connectivity index (χ3n) is 2.46. The molecule has 0 saturated carbocycles. The average Bonchev–Trinajstić information content (AvgIpc) is 2.84. The van der Waals surface area contributed by atoms with Crippen LogP contribution in [0.1, 0.15) is 25.5 Å². The molecule has 5 N–H and O–H groups in total. The first-order chi connectivity index (χ1) is 9.94. The molecule has 21 heavy (non-hydrogen) atoms. The number of hydrogen-bond acceptors (Lipinski definition) is 8. The average molecular weight is 308 g/mol. The van der Waals surface area contributed by atoms with Crippen molar-refractivity contribution in [2.45, 2.75) is 24.9 Å². The van der Waals surface area contributed by atoms with Gasteiger partial charge in [-0.3, -0.25) is 10.1 Å². The number of nitrogen functional groups attached to an aromatic ring is 2. The Morgan fingerprint density at radius 1 is 1.33 bits per heavy atom. The van der Waals surface area contributed by atoms with Gasteiger partial charge in [-0.25, -0.2) is 9.97 Å². The number of nitrogens with one attached hydrogen (secondary N) is 1. The Labute approximate surface area is 125 Å². The fraction of sp³-hybridized carbons (Fsp3) is 0.333. The molecule has 112 valence electrons. The van der Waals surface area contributed by atoms with E-state index in [1.165, 1.54) is 6.07 Å². The van der Waals surface area contributed by atoms with Crippen molar-refractivity contribution in [2.24, 2.45) is 0 Å². The van der Waals surface area contributed by atoms with Crippen LogP contribution in [0.25, 0.3) is 0 Å². The summed E-state index contributed by atoms with van der Waals surface area (Å²) in [5.74, 6) is 0.941. The van der Waals surface area contributed by atoms with Crippen molar-refractivity contribution in [1.82, 2.24) is 15.1 Å². The lowest BCUT2D eigenvalue weighted by Gasteiger charge is -2.02. The van der Waals surface area contributed by atoms with Gasteiger partial charge in [-0.05, 0) is 5.92 Å². The third-order valence-corrected chi connectivity index (χ3v) is 3.31. The van der Waals surface area contributed by atoms with Crippen molar-refractivity contribution < 1.29 is 9.32 Å². The molecule has 0 spiro atoms. The smallest absolute Gasteiger partial charge is 0.237 e. The van der Waals surface area contributed by atoms with Crippen LogP contribution in [0.15, 0.2) is 21.8 Å². The molecule has 9 heteroatoms. The summed E-state index contributed by atoms with van der Waals surface area (Å²) in [5.41, 5.74) is 11.9. The number of thioether (sulfide) groups is 1. The molecular formula is C12H16N6O2S. The summed E-state index contributed by atoms with van der Waals surface area (Å²) >= 11 is 1.13. The van der Waals surface area contributed by atoms with E-state index in [0.717, 1.165) is 17.5 Å². The van der Waals surface area contributed by atoms with Gasteiger partial charge in [-0.1, -0.05) is 30.8 Å². The van der Waals surface area contributed by atoms with Gasteiger partial charge in [0, 0.05) is 12.1 Å². The molecule has 0 fully saturated rings. The van der Waals surface area contributed by atoms with Gasteiger partial charge in [-0.15, -0.1) is 0 Å². The monoisotopic (exact) mass is 308 g/mol. The van der Waals surface area contributed by atoms with Crippen molar-refractivity contribution in [2.75, 3.05) is 22.5 Å². The first kappa shape index (κ1) is 15.1. The maximum Gasteiger partial charge on any atom is 0.237 e. The number of carbonyl (C=O) groups is 1. The normalized spacial score (nSPS) is 10.8. The highest BCUT2D eigenvalue weighted by atomic mass is 32.2. The summed E-state index contributed by atoms with van der Waals surface area (Å²) in [4.78, 5) is 19.7. The van der Waals surface area contributed by atoms with Crippen molar-refractivity contribution in [3.05, 3.63) is 17.8 Å². The van der Waals surface area contributed by atoms with Gasteiger partial charge in [-0.2, -0.15) is 0 Å². The van der Waals surface area contributed by atoms with Crippen LogP contribution in [0.5, 0.6) is 0 Å². The zero-order valence-electron chi connectivity index (χ0n) is 11.7. The molecule has 0 aliphatic rings. The molecule has 0 radical (unpaired) electrons. The molecule has 0 aliphatic carbocycles. The van der Waals surface area contributed by atoms with Crippen LogP contribution in [-0.4, -0.2) is 26.8 Å². The molecule has 1 amide bonds. The van der Waals surface area contributed by atoms with E-state index in [-0.39, 0.29) is 29.2 Å². The number of nitrogens with two attached hydrogens (primary N) is 2. The van der Waals surface area contributed by atoms with Crippen LogP contribution in [0.2, 0.25) is 0 Å². The topological polar surface area (TPSA) is 133 Å². The highest BCUT2D eigenvalue weighted by Gasteiger charge is 2.11. The van der Waals surface area contributed by atoms with Crippen LogP contribution in [0.3, 0.4) is 0 Å². The summed E-state index contributed by atoms with van der Waals surface area (Å²) in [6, 6.07) is 3.15. The fourth-order valence-electron chi connectivity index (χ4n) is 1.45. The molecule has 0 aromatic carbocycles. The predicted molar refractivity (Wildman–Crippen MR) is 80.8 cm³/mol. The molecule has 2 aromatic heterocycles. The van der Waals surface area contributed by atoms with E-state index >= 15 is 0 Å². The van der Waals surface area contributed by atoms with E-state index in [0.29, 0.717) is 11.0 Å². The number of rotatable bonds is 5. The summed E-state index contributed by atoms with van der Waals surface area (Å²) in [5, 5.41) is 6.82. The quantitative estimate of drug-likeness (QED) is 0.558. The number of nitrogens with zero attached hydrogens (tertiary/aromatic N) is 3. The standard InChI is InChI=1S/C12H16N6O2S/c1-6(2)7-3-11(20-18-7)17-10(19)5-21-12-15-8(13)4-9(14)16-12/h3-4,6H,5H2,1-2H3,(H,17,19)(H4,13,14,15,16). The van der Waals surface area contributed by atoms with Crippen molar-refractivity contribution >= 4 is 35.2 Å². The minimum absolute atomic E-state index is 0.112. The Bertz CT molecular complexity index is 622. The lowest BCUT2D eigenvalue weighted by atomic mass is 10.1. The van der Waals surface area contributed by atoms with Crippen molar-refractivity contribution in [1.29, 1.82) is 0 Å². The van der Waals surface area contributed by atoms with E-state index < -0.39 is 0 Å². The molecule has 2 heterocycles. The van der Waals surface area contributed by atoms with E-state index in [1.807, 2.05) is 13.8 Å². The summed E-state index contributed by atoms with van der Waals surface area (Å²) < 4.78 is 5.02. The first-order valence-corrected chi connectivity index (χ1v) is 7.22. The predicted octanol–water partition coefficient (Wildman–Crippen LogP) is 1.48. The number of hydrogen-bond donors (Lipinski definition) is 3. The van der Waals surface area contributed by atoms with Crippen molar-refractivity contribution in [3.8, 4) is 0 Å². The number of aromatic nitrogens is 3. The molecule has 0 bridgehead atoms. The third kappa shape index (κ3) is 4.35. The molecule has 2 aromatic rings. The van der Waals surface area contributed by atoms with Crippen LogP contribution in [-0.2, 0) is 4.79 Å². The second kappa shape index (κ2) is 6.44. The zero-order valence-corrected chi connectivity index (χ0v) is 12.5. The SMILES string of the molecule is CC(C)c1cc(NC(=O)CSc2nc(N)cc(N)n2)on1. The van der Waals surface area contributed by atoms with Gasteiger partial charge in [0.25, 0.3) is 0 Å². The Balaban J connectivity index is 1.89. The number of carbonyl (C=O) groups excluding carboxylic acids is 1. The highest BCUT2D eigenvalue weighted by Crippen LogP contribution is 2.19. The molecule has 0 atom stereocenters. The number of amides is 1.